The number of hydrogen-bond acceptors (Lipinski definition) is 6. The molecule has 2 aromatic rings. The Morgan fingerprint density at radius 3 is 2.50 bits per heavy atom. The van der Waals surface area contributed by atoms with Gasteiger partial charge in [0.05, 0.1) is 17.9 Å². The highest BCUT2D eigenvalue weighted by atomic mass is 16.5. The van der Waals surface area contributed by atoms with Gasteiger partial charge >= 0.3 is 5.97 Å². The molecular weight excluding hydrogens is 318 g/mol. The molecule has 3 heterocycles. The smallest absolute Gasteiger partial charge is 0.309 e. The van der Waals surface area contributed by atoms with E-state index in [-0.39, 0.29) is 24.7 Å². The van der Waals surface area contributed by atoms with Gasteiger partial charge < -0.3 is 25.6 Å². The summed E-state index contributed by atoms with van der Waals surface area (Å²) in [6.07, 6.45) is 5.00. The second kappa shape index (κ2) is 8.13. The SMILES string of the molecule is Cc1c([NH-])on[n+]1N1CCCCC1.[NH-]c1c[n+](CCC(=O)O)no1. The Kier molecular flexibility index (Phi) is 5.93. The van der Waals surface area contributed by atoms with Crippen molar-refractivity contribution in [2.75, 3.05) is 18.1 Å². The Balaban J connectivity index is 0.000000177. The Hall–Kier alpha value is -2.85. The van der Waals surface area contributed by atoms with E-state index >= 15 is 0 Å². The van der Waals surface area contributed by atoms with Gasteiger partial charge in [-0.05, 0) is 19.3 Å². The largest absolute Gasteiger partial charge is 0.660 e. The second-order valence-corrected chi connectivity index (χ2v) is 5.36. The molecule has 1 saturated heterocycles. The van der Waals surface area contributed by atoms with Gasteiger partial charge in [-0.15, -0.1) is 0 Å². The van der Waals surface area contributed by atoms with E-state index in [1.807, 2.05) is 6.92 Å². The molecule has 0 saturated carbocycles. The van der Waals surface area contributed by atoms with Crippen LogP contribution in [0, 0.1) is 6.92 Å². The average molecular weight is 339 g/mol. The number of aryl methyl sites for hydroxylation is 1. The maximum absolute atomic E-state index is 10.1. The minimum absolute atomic E-state index is 0.0172. The third kappa shape index (κ3) is 4.83. The molecule has 0 unspecified atom stereocenters. The molecule has 11 heteroatoms. The molecule has 0 amide bonds. The predicted octanol–water partition coefficient (Wildman–Crippen LogP) is 1.20. The molecule has 11 nitrogen and oxygen atoms in total. The van der Waals surface area contributed by atoms with Gasteiger partial charge in [-0.2, -0.15) is 5.01 Å². The fourth-order valence-corrected chi connectivity index (χ4v) is 2.22. The molecule has 1 fully saturated rings. The predicted molar refractivity (Wildman–Crippen MR) is 80.2 cm³/mol. The molecule has 0 aromatic carbocycles. The van der Waals surface area contributed by atoms with Crippen LogP contribution in [0.1, 0.15) is 31.4 Å². The molecule has 132 valence electrons. The van der Waals surface area contributed by atoms with Crippen molar-refractivity contribution in [3.63, 3.8) is 0 Å². The maximum atomic E-state index is 10.1. The molecular formula is C13H21N7O4. The van der Waals surface area contributed by atoms with Crippen LogP contribution in [0.5, 0.6) is 0 Å². The van der Waals surface area contributed by atoms with Crippen molar-refractivity contribution in [3.05, 3.63) is 23.4 Å². The number of aromatic nitrogens is 4. The summed E-state index contributed by atoms with van der Waals surface area (Å²) >= 11 is 0. The van der Waals surface area contributed by atoms with Gasteiger partial charge in [0.1, 0.15) is 18.2 Å². The molecule has 0 bridgehead atoms. The van der Waals surface area contributed by atoms with E-state index in [1.54, 1.807) is 4.79 Å². The molecule has 1 aliphatic rings. The summed E-state index contributed by atoms with van der Waals surface area (Å²) in [6, 6.07) is 0. The Labute approximate surface area is 138 Å². The van der Waals surface area contributed by atoms with Crippen LogP contribution in [-0.4, -0.2) is 34.7 Å². The van der Waals surface area contributed by atoms with E-state index in [9.17, 15) is 4.79 Å². The van der Waals surface area contributed by atoms with Crippen LogP contribution in [0.3, 0.4) is 0 Å². The molecule has 2 aromatic heterocycles. The first-order chi connectivity index (χ1) is 11.5. The molecule has 0 atom stereocenters. The van der Waals surface area contributed by atoms with Gasteiger partial charge in [0.2, 0.25) is 11.5 Å². The molecule has 0 aliphatic carbocycles. The number of carboxylic acid groups (broad SMARTS) is 1. The summed E-state index contributed by atoms with van der Waals surface area (Å²) in [5, 5.41) is 17.6. The zero-order chi connectivity index (χ0) is 17.5. The minimum Gasteiger partial charge on any atom is -0.660 e. The van der Waals surface area contributed by atoms with Crippen molar-refractivity contribution in [1.29, 1.82) is 0 Å². The van der Waals surface area contributed by atoms with Crippen LogP contribution in [0.2, 0.25) is 0 Å². The van der Waals surface area contributed by atoms with Crippen molar-refractivity contribution >= 4 is 17.7 Å². The first kappa shape index (κ1) is 17.5. The van der Waals surface area contributed by atoms with Crippen LogP contribution in [0.4, 0.5) is 11.8 Å². The fraction of sp³-hybridized carbons (Fsp3) is 0.615. The third-order valence-corrected chi connectivity index (χ3v) is 3.50. The number of piperidine rings is 1. The van der Waals surface area contributed by atoms with Crippen molar-refractivity contribution in [2.45, 2.75) is 39.2 Å². The van der Waals surface area contributed by atoms with Crippen LogP contribution in [0.25, 0.3) is 11.5 Å². The summed E-state index contributed by atoms with van der Waals surface area (Å²) in [5.74, 6) is -0.812. The minimum atomic E-state index is -0.896. The second-order valence-electron chi connectivity index (χ2n) is 5.36. The van der Waals surface area contributed by atoms with Crippen molar-refractivity contribution < 1.29 is 28.4 Å². The molecule has 1 aliphatic heterocycles. The molecule has 0 radical (unpaired) electrons. The van der Waals surface area contributed by atoms with Crippen molar-refractivity contribution in [3.8, 4) is 0 Å². The third-order valence-electron chi connectivity index (χ3n) is 3.50. The van der Waals surface area contributed by atoms with Gasteiger partial charge in [-0.1, -0.05) is 4.68 Å². The number of aliphatic carboxylic acids is 1. The lowest BCUT2D eigenvalue weighted by molar-refractivity contribution is -0.764. The fourth-order valence-electron chi connectivity index (χ4n) is 2.22. The molecule has 0 spiro atoms. The van der Waals surface area contributed by atoms with Crippen LogP contribution in [-0.2, 0) is 11.3 Å². The summed E-state index contributed by atoms with van der Waals surface area (Å²) in [5.41, 5.74) is 15.1. The molecule has 3 rings (SSSR count). The lowest BCUT2D eigenvalue weighted by atomic mass is 10.2. The maximum Gasteiger partial charge on any atom is 0.309 e. The Morgan fingerprint density at radius 2 is 2.00 bits per heavy atom. The quantitative estimate of drug-likeness (QED) is 0.822. The number of carbonyl (C=O) groups is 1. The highest BCUT2D eigenvalue weighted by molar-refractivity contribution is 5.66. The number of hydrogen-bond donors (Lipinski definition) is 1. The van der Waals surface area contributed by atoms with Gasteiger partial charge in [0.25, 0.3) is 5.69 Å². The van der Waals surface area contributed by atoms with E-state index in [0.717, 1.165) is 18.8 Å². The Bertz CT molecular complexity index is 663. The lowest BCUT2D eigenvalue weighted by Crippen LogP contribution is -2.62. The zero-order valence-electron chi connectivity index (χ0n) is 13.4. The number of rotatable bonds is 4. The summed E-state index contributed by atoms with van der Waals surface area (Å²) in [7, 11) is 0. The lowest BCUT2D eigenvalue weighted by Gasteiger charge is -2.18. The van der Waals surface area contributed by atoms with Crippen LogP contribution < -0.4 is 14.5 Å². The van der Waals surface area contributed by atoms with E-state index in [2.05, 4.69) is 20.1 Å². The highest BCUT2D eigenvalue weighted by Gasteiger charge is 2.24. The summed E-state index contributed by atoms with van der Waals surface area (Å²) in [6.45, 7) is 4.11. The molecule has 3 N–H and O–H groups in total. The number of nitrogens with one attached hydrogen (secondary N) is 2. The van der Waals surface area contributed by atoms with Crippen LogP contribution >= 0.6 is 0 Å². The van der Waals surface area contributed by atoms with Gasteiger partial charge in [0.15, 0.2) is 11.8 Å². The monoisotopic (exact) mass is 339 g/mol. The standard InChI is InChI=1S/C8H14N4O.C5H7N3O3/c1-7-8(9)13-10-12(7)11-5-3-2-4-6-11;6-4-3-8(7-11-4)2-1-5(9)10/h9H,2-6H2,1H3;3H,1-2H2,(H2-,6,7,9,10). The van der Waals surface area contributed by atoms with E-state index in [1.165, 1.54) is 30.1 Å². The van der Waals surface area contributed by atoms with E-state index in [4.69, 9.17) is 21.1 Å². The number of nitrogens with zero attached hydrogens (tertiary/aromatic N) is 5. The van der Waals surface area contributed by atoms with Gasteiger partial charge in [-0.3, -0.25) is 4.79 Å². The number of carboxylic acids is 1. The van der Waals surface area contributed by atoms with Crippen LogP contribution in [0.15, 0.2) is 15.2 Å². The van der Waals surface area contributed by atoms with Crippen molar-refractivity contribution in [1.82, 2.24) is 10.5 Å². The molecule has 24 heavy (non-hydrogen) atoms. The normalized spacial score (nSPS) is 14.1. The average Bonchev–Trinajstić information content (AvgIpc) is 3.13. The first-order valence-electron chi connectivity index (χ1n) is 7.62. The highest BCUT2D eigenvalue weighted by Crippen LogP contribution is 2.12. The summed E-state index contributed by atoms with van der Waals surface area (Å²) in [4.78, 5) is 11.8. The van der Waals surface area contributed by atoms with Crippen molar-refractivity contribution in [2.24, 2.45) is 0 Å². The van der Waals surface area contributed by atoms with E-state index < -0.39 is 5.97 Å². The zero-order valence-corrected chi connectivity index (χ0v) is 13.4. The topological polar surface area (TPSA) is 148 Å². The van der Waals surface area contributed by atoms with Gasteiger partial charge in [-0.25, -0.2) is 0 Å². The Morgan fingerprint density at radius 1 is 1.29 bits per heavy atom. The van der Waals surface area contributed by atoms with E-state index in [0.29, 0.717) is 0 Å². The van der Waals surface area contributed by atoms with Gasteiger partial charge in [0, 0.05) is 6.92 Å². The summed E-state index contributed by atoms with van der Waals surface area (Å²) < 4.78 is 10.4. The first-order valence-corrected chi connectivity index (χ1v) is 7.62.